The topological polar surface area (TPSA) is 96.0 Å². The van der Waals surface area contributed by atoms with Crippen molar-refractivity contribution < 1.29 is 22.7 Å². The van der Waals surface area contributed by atoms with Gasteiger partial charge in [-0.3, -0.25) is 13.9 Å². The number of rotatable bonds is 12. The standard InChI is InChI=1S/C26H36ClN3O5S/c1-7-23(26(32)28-15-18(2)3)29(16-20-9-8-10-22(13-20)35-5)25(31)17-30(36(6,33)34)24-14-21(27)12-11-19(24)4/h8-14,18,23H,7,15-17H2,1-6H3,(H,28,32). The van der Waals surface area contributed by atoms with Gasteiger partial charge in [0.25, 0.3) is 0 Å². The van der Waals surface area contributed by atoms with Gasteiger partial charge in [0, 0.05) is 18.1 Å². The number of aryl methyl sites for hydroxylation is 1. The molecule has 0 aliphatic carbocycles. The fraction of sp³-hybridized carbons (Fsp3) is 0.462. The van der Waals surface area contributed by atoms with Crippen molar-refractivity contribution in [2.75, 3.05) is 30.8 Å². The third kappa shape index (κ3) is 8.13. The molecule has 0 saturated heterocycles. The summed E-state index contributed by atoms with van der Waals surface area (Å²) in [5.41, 5.74) is 1.72. The van der Waals surface area contributed by atoms with Crippen molar-refractivity contribution in [3.8, 4) is 5.75 Å². The SMILES string of the molecule is CCC(C(=O)NCC(C)C)N(Cc1cccc(OC)c1)C(=O)CN(c1cc(Cl)ccc1C)S(C)(=O)=O. The largest absolute Gasteiger partial charge is 0.497 e. The molecule has 0 aliphatic heterocycles. The van der Waals surface area contributed by atoms with Gasteiger partial charge in [0.05, 0.1) is 19.1 Å². The second-order valence-corrected chi connectivity index (χ2v) is 11.5. The molecule has 2 aromatic carbocycles. The zero-order valence-electron chi connectivity index (χ0n) is 21.7. The lowest BCUT2D eigenvalue weighted by atomic mass is 10.1. The van der Waals surface area contributed by atoms with Gasteiger partial charge in [-0.15, -0.1) is 0 Å². The molecule has 0 fully saturated rings. The van der Waals surface area contributed by atoms with Crippen molar-refractivity contribution in [3.05, 3.63) is 58.6 Å². The molecule has 1 N–H and O–H groups in total. The van der Waals surface area contributed by atoms with Gasteiger partial charge in [-0.1, -0.05) is 50.6 Å². The zero-order chi connectivity index (χ0) is 27.0. The quantitative estimate of drug-likeness (QED) is 0.441. The first-order valence-electron chi connectivity index (χ1n) is 11.8. The number of nitrogens with one attached hydrogen (secondary N) is 1. The average Bonchev–Trinajstić information content (AvgIpc) is 2.82. The van der Waals surface area contributed by atoms with Crippen LogP contribution < -0.4 is 14.4 Å². The van der Waals surface area contributed by atoms with Crippen LogP contribution in [0.15, 0.2) is 42.5 Å². The minimum Gasteiger partial charge on any atom is -0.497 e. The molecular weight excluding hydrogens is 502 g/mol. The van der Waals surface area contributed by atoms with E-state index in [0.717, 1.165) is 16.1 Å². The highest BCUT2D eigenvalue weighted by molar-refractivity contribution is 7.92. The molecule has 2 amide bonds. The predicted molar refractivity (Wildman–Crippen MR) is 144 cm³/mol. The van der Waals surface area contributed by atoms with E-state index in [4.69, 9.17) is 16.3 Å². The maximum absolute atomic E-state index is 13.7. The van der Waals surface area contributed by atoms with Gasteiger partial charge in [0.2, 0.25) is 21.8 Å². The fourth-order valence-corrected chi connectivity index (χ4v) is 4.82. The summed E-state index contributed by atoms with van der Waals surface area (Å²) < 4.78 is 31.9. The maximum atomic E-state index is 13.7. The fourth-order valence-electron chi connectivity index (χ4n) is 3.76. The minimum absolute atomic E-state index is 0.107. The molecule has 36 heavy (non-hydrogen) atoms. The first-order valence-corrected chi connectivity index (χ1v) is 14.0. The number of carbonyl (C=O) groups is 2. The minimum atomic E-state index is -3.84. The molecule has 8 nitrogen and oxygen atoms in total. The number of anilines is 1. The lowest BCUT2D eigenvalue weighted by Crippen LogP contribution is -2.52. The predicted octanol–water partition coefficient (Wildman–Crippen LogP) is 4.00. The molecule has 1 unspecified atom stereocenters. The van der Waals surface area contributed by atoms with Crippen LogP contribution in [0.5, 0.6) is 5.75 Å². The summed E-state index contributed by atoms with van der Waals surface area (Å²) in [6.45, 7) is 7.63. The van der Waals surface area contributed by atoms with Crippen LogP contribution in [-0.4, -0.2) is 57.6 Å². The van der Waals surface area contributed by atoms with Crippen molar-refractivity contribution in [1.29, 1.82) is 0 Å². The molecule has 2 rings (SSSR count). The van der Waals surface area contributed by atoms with Crippen LogP contribution in [0, 0.1) is 12.8 Å². The first-order chi connectivity index (χ1) is 16.9. The number of hydrogen-bond donors (Lipinski definition) is 1. The van der Waals surface area contributed by atoms with Gasteiger partial charge >= 0.3 is 0 Å². The van der Waals surface area contributed by atoms with E-state index in [-0.39, 0.29) is 18.4 Å². The van der Waals surface area contributed by atoms with Crippen LogP contribution in [0.3, 0.4) is 0 Å². The second kappa shape index (κ2) is 13.0. The van der Waals surface area contributed by atoms with Gasteiger partial charge in [-0.05, 0) is 54.7 Å². The number of ether oxygens (including phenoxy) is 1. The van der Waals surface area contributed by atoms with Crippen molar-refractivity contribution in [2.24, 2.45) is 5.92 Å². The molecule has 0 saturated carbocycles. The van der Waals surface area contributed by atoms with E-state index in [2.05, 4.69) is 5.32 Å². The van der Waals surface area contributed by atoms with Crippen molar-refractivity contribution in [2.45, 2.75) is 46.7 Å². The van der Waals surface area contributed by atoms with Gasteiger partial charge < -0.3 is 15.0 Å². The van der Waals surface area contributed by atoms with E-state index in [1.165, 1.54) is 11.0 Å². The molecular formula is C26H36ClN3O5S. The van der Waals surface area contributed by atoms with Gasteiger partial charge in [0.1, 0.15) is 18.3 Å². The highest BCUT2D eigenvalue weighted by Crippen LogP contribution is 2.27. The lowest BCUT2D eigenvalue weighted by molar-refractivity contribution is -0.140. The highest BCUT2D eigenvalue weighted by atomic mass is 35.5. The number of halogens is 1. The van der Waals surface area contributed by atoms with Crippen LogP contribution in [0.25, 0.3) is 0 Å². The normalized spacial score (nSPS) is 12.2. The van der Waals surface area contributed by atoms with E-state index in [9.17, 15) is 18.0 Å². The van der Waals surface area contributed by atoms with Gasteiger partial charge in [-0.25, -0.2) is 8.42 Å². The maximum Gasteiger partial charge on any atom is 0.244 e. The number of carbonyl (C=O) groups excluding carboxylic acids is 2. The van der Waals surface area contributed by atoms with E-state index < -0.39 is 28.5 Å². The van der Waals surface area contributed by atoms with Gasteiger partial charge in [0.15, 0.2) is 0 Å². The second-order valence-electron chi connectivity index (χ2n) is 9.14. The summed E-state index contributed by atoms with van der Waals surface area (Å²) in [4.78, 5) is 28.3. The zero-order valence-corrected chi connectivity index (χ0v) is 23.3. The summed E-state index contributed by atoms with van der Waals surface area (Å²) in [6.07, 6.45) is 1.40. The van der Waals surface area contributed by atoms with E-state index in [1.807, 2.05) is 26.8 Å². The lowest BCUT2D eigenvalue weighted by Gasteiger charge is -2.33. The Labute approximate surface area is 219 Å². The summed E-state index contributed by atoms with van der Waals surface area (Å²) in [5.74, 6) is 0.0616. The molecule has 0 bridgehead atoms. The molecule has 2 aromatic rings. The monoisotopic (exact) mass is 537 g/mol. The van der Waals surface area contributed by atoms with Gasteiger partial charge in [-0.2, -0.15) is 0 Å². The van der Waals surface area contributed by atoms with E-state index in [0.29, 0.717) is 35.0 Å². The molecule has 0 aliphatic rings. The van der Waals surface area contributed by atoms with Crippen molar-refractivity contribution in [1.82, 2.24) is 10.2 Å². The van der Waals surface area contributed by atoms with Crippen LogP contribution in [0.2, 0.25) is 5.02 Å². The number of amides is 2. The molecule has 0 aromatic heterocycles. The van der Waals surface area contributed by atoms with Crippen molar-refractivity contribution >= 4 is 39.1 Å². The Hall–Kier alpha value is -2.78. The average molecular weight is 538 g/mol. The Morgan fingerprint density at radius 3 is 2.42 bits per heavy atom. The highest BCUT2D eigenvalue weighted by Gasteiger charge is 2.32. The number of hydrogen-bond acceptors (Lipinski definition) is 5. The van der Waals surface area contributed by atoms with Crippen LogP contribution in [0.1, 0.15) is 38.3 Å². The number of methoxy groups -OCH3 is 1. The number of benzene rings is 2. The van der Waals surface area contributed by atoms with Crippen LogP contribution in [0.4, 0.5) is 5.69 Å². The first kappa shape index (κ1) is 29.5. The summed E-state index contributed by atoms with van der Waals surface area (Å²) in [5, 5.41) is 3.25. The summed E-state index contributed by atoms with van der Waals surface area (Å²) in [6, 6.07) is 11.3. The molecule has 0 heterocycles. The number of sulfonamides is 1. The smallest absolute Gasteiger partial charge is 0.244 e. The Morgan fingerprint density at radius 2 is 1.83 bits per heavy atom. The number of nitrogens with zero attached hydrogens (tertiary/aromatic N) is 2. The Bertz CT molecular complexity index is 1170. The summed E-state index contributed by atoms with van der Waals surface area (Å²) in [7, 11) is -2.29. The summed E-state index contributed by atoms with van der Waals surface area (Å²) >= 11 is 6.14. The molecule has 0 spiro atoms. The Kier molecular flexibility index (Phi) is 10.6. The van der Waals surface area contributed by atoms with Crippen molar-refractivity contribution in [3.63, 3.8) is 0 Å². The van der Waals surface area contributed by atoms with Crippen LogP contribution >= 0.6 is 11.6 Å². The van der Waals surface area contributed by atoms with E-state index in [1.54, 1.807) is 44.4 Å². The van der Waals surface area contributed by atoms with E-state index >= 15 is 0 Å². The third-order valence-electron chi connectivity index (χ3n) is 5.68. The molecule has 0 radical (unpaired) electrons. The molecule has 198 valence electrons. The third-order valence-corrected chi connectivity index (χ3v) is 7.04. The Balaban J connectivity index is 2.48. The molecule has 10 heteroatoms. The molecule has 1 atom stereocenters. The Morgan fingerprint density at radius 1 is 1.14 bits per heavy atom. The van der Waals surface area contributed by atoms with Crippen LogP contribution in [-0.2, 0) is 26.2 Å².